The first-order chi connectivity index (χ1) is 10.7. The van der Waals surface area contributed by atoms with Crippen LogP contribution < -0.4 is 16.4 Å². The highest BCUT2D eigenvalue weighted by Gasteiger charge is 2.47. The van der Waals surface area contributed by atoms with Crippen LogP contribution in [-0.4, -0.2) is 47.9 Å². The first-order valence-corrected chi connectivity index (χ1v) is 8.74. The van der Waals surface area contributed by atoms with E-state index in [2.05, 4.69) is 22.8 Å². The largest absolute Gasteiger partial charge is 0.396 e. The van der Waals surface area contributed by atoms with E-state index in [4.69, 9.17) is 10.8 Å². The quantitative estimate of drug-likeness (QED) is 0.501. The number of amides is 1. The minimum atomic E-state index is -0.722. The predicted octanol–water partition coefficient (Wildman–Crippen LogP) is 0.650. The zero-order chi connectivity index (χ0) is 15.8. The second kappa shape index (κ2) is 8.53. The number of primary amides is 1. The average Bonchev–Trinajstić information content (AvgIpc) is 3.02. The summed E-state index contributed by atoms with van der Waals surface area (Å²) < 4.78 is 0. The fourth-order valence-corrected chi connectivity index (χ4v) is 4.25. The van der Waals surface area contributed by atoms with Gasteiger partial charge in [-0.05, 0) is 31.5 Å². The Labute approximate surface area is 136 Å². The van der Waals surface area contributed by atoms with Gasteiger partial charge in [-0.1, -0.05) is 30.3 Å². The van der Waals surface area contributed by atoms with Crippen molar-refractivity contribution < 1.29 is 9.90 Å². The van der Waals surface area contributed by atoms with Gasteiger partial charge in [-0.25, -0.2) is 0 Å². The molecule has 22 heavy (non-hydrogen) atoms. The van der Waals surface area contributed by atoms with E-state index in [0.29, 0.717) is 0 Å². The van der Waals surface area contributed by atoms with E-state index >= 15 is 0 Å². The molecule has 1 amide bonds. The zero-order valence-corrected chi connectivity index (χ0v) is 13.6. The van der Waals surface area contributed by atoms with Crippen molar-refractivity contribution in [3.63, 3.8) is 0 Å². The maximum absolute atomic E-state index is 12.2. The van der Waals surface area contributed by atoms with Gasteiger partial charge in [-0.15, -0.1) is 11.8 Å². The van der Waals surface area contributed by atoms with E-state index in [0.717, 1.165) is 43.8 Å². The third-order valence-electron chi connectivity index (χ3n) is 4.00. The molecule has 0 saturated carbocycles. The molecule has 5 nitrogen and oxygen atoms in total. The number of hydrogen-bond acceptors (Lipinski definition) is 5. The normalized spacial score (nSPS) is 22.6. The molecule has 2 atom stereocenters. The van der Waals surface area contributed by atoms with Crippen LogP contribution in [0.5, 0.6) is 0 Å². The van der Waals surface area contributed by atoms with Crippen LogP contribution in [0.25, 0.3) is 0 Å². The van der Waals surface area contributed by atoms with E-state index in [1.165, 1.54) is 0 Å². The first-order valence-electron chi connectivity index (χ1n) is 7.76. The monoisotopic (exact) mass is 323 g/mol. The number of rotatable bonds is 9. The molecule has 0 spiro atoms. The molecule has 1 saturated heterocycles. The SMILES string of the molecule is NC(=O)C1(C(CCNCCCO)c2ccccc2)NCCS1. The number of nitrogens with two attached hydrogens (primary N) is 1. The molecule has 0 radical (unpaired) electrons. The standard InChI is InChI=1S/C16H25N3O2S/c17-15(21)16(19-10-12-22-16)14(7-9-18-8-4-11-20)13-5-2-1-3-6-13/h1-3,5-6,14,18-20H,4,7-12H2,(H2,17,21). The first kappa shape index (κ1) is 17.3. The Hall–Kier alpha value is -1.08. The van der Waals surface area contributed by atoms with Gasteiger partial charge in [0.1, 0.15) is 0 Å². The highest BCUT2D eigenvalue weighted by molar-refractivity contribution is 8.01. The second-order valence-corrected chi connectivity index (χ2v) is 6.80. The van der Waals surface area contributed by atoms with Crippen molar-refractivity contribution in [3.05, 3.63) is 35.9 Å². The Morgan fingerprint density at radius 3 is 2.77 bits per heavy atom. The smallest absolute Gasteiger partial charge is 0.248 e. The molecule has 1 aliphatic heterocycles. The summed E-state index contributed by atoms with van der Waals surface area (Å²) in [5.74, 6) is 0.629. The minimum absolute atomic E-state index is 0.0281. The van der Waals surface area contributed by atoms with Crippen LogP contribution in [0.2, 0.25) is 0 Å². The van der Waals surface area contributed by atoms with Crippen LogP contribution in [0.4, 0.5) is 0 Å². The summed E-state index contributed by atoms with van der Waals surface area (Å²) in [7, 11) is 0. The Bertz CT molecular complexity index is 464. The molecule has 0 bridgehead atoms. The van der Waals surface area contributed by atoms with E-state index in [1.54, 1.807) is 11.8 Å². The summed E-state index contributed by atoms with van der Waals surface area (Å²) in [6, 6.07) is 10.1. The molecule has 122 valence electrons. The van der Waals surface area contributed by atoms with Crippen molar-refractivity contribution in [1.82, 2.24) is 10.6 Å². The van der Waals surface area contributed by atoms with Gasteiger partial charge in [0.05, 0.1) is 0 Å². The number of carbonyl (C=O) groups excluding carboxylic acids is 1. The third kappa shape index (κ3) is 4.01. The summed E-state index contributed by atoms with van der Waals surface area (Å²) >= 11 is 1.62. The van der Waals surface area contributed by atoms with Crippen molar-refractivity contribution in [2.45, 2.75) is 23.6 Å². The van der Waals surface area contributed by atoms with Gasteiger partial charge >= 0.3 is 0 Å². The van der Waals surface area contributed by atoms with Crippen molar-refractivity contribution in [3.8, 4) is 0 Å². The minimum Gasteiger partial charge on any atom is -0.396 e. The van der Waals surface area contributed by atoms with E-state index < -0.39 is 4.87 Å². The maximum Gasteiger partial charge on any atom is 0.248 e. The molecule has 2 rings (SSSR count). The number of thioether (sulfide) groups is 1. The molecular weight excluding hydrogens is 298 g/mol. The van der Waals surface area contributed by atoms with Crippen molar-refractivity contribution in [1.29, 1.82) is 0 Å². The van der Waals surface area contributed by atoms with Crippen LogP contribution >= 0.6 is 11.8 Å². The Balaban J connectivity index is 2.13. The van der Waals surface area contributed by atoms with E-state index in [-0.39, 0.29) is 18.4 Å². The van der Waals surface area contributed by atoms with E-state index in [9.17, 15) is 4.79 Å². The molecule has 0 aromatic heterocycles. The number of nitrogens with one attached hydrogen (secondary N) is 2. The van der Waals surface area contributed by atoms with Crippen molar-refractivity contribution in [2.24, 2.45) is 5.73 Å². The van der Waals surface area contributed by atoms with Crippen LogP contribution in [-0.2, 0) is 4.79 Å². The van der Waals surface area contributed by atoms with Gasteiger partial charge in [-0.3, -0.25) is 10.1 Å². The van der Waals surface area contributed by atoms with Gasteiger partial charge in [0.2, 0.25) is 5.91 Å². The molecular formula is C16H25N3O2S. The number of hydrogen-bond donors (Lipinski definition) is 4. The molecule has 1 heterocycles. The van der Waals surface area contributed by atoms with Gasteiger partial charge in [-0.2, -0.15) is 0 Å². The average molecular weight is 323 g/mol. The third-order valence-corrected chi connectivity index (χ3v) is 5.49. The Kier molecular flexibility index (Phi) is 6.70. The topological polar surface area (TPSA) is 87.4 Å². The van der Waals surface area contributed by atoms with Gasteiger partial charge in [0.15, 0.2) is 4.87 Å². The molecule has 1 aliphatic rings. The highest BCUT2D eigenvalue weighted by Crippen LogP contribution is 2.42. The van der Waals surface area contributed by atoms with Gasteiger partial charge < -0.3 is 16.2 Å². The lowest BCUT2D eigenvalue weighted by atomic mass is 9.87. The lowest BCUT2D eigenvalue weighted by Crippen LogP contribution is -2.54. The summed E-state index contributed by atoms with van der Waals surface area (Å²) in [6.07, 6.45) is 1.56. The number of carbonyl (C=O) groups is 1. The van der Waals surface area contributed by atoms with Crippen molar-refractivity contribution in [2.75, 3.05) is 32.0 Å². The second-order valence-electron chi connectivity index (χ2n) is 5.45. The molecule has 2 unspecified atom stereocenters. The summed E-state index contributed by atoms with van der Waals surface area (Å²) in [5.41, 5.74) is 6.88. The molecule has 1 fully saturated rings. The van der Waals surface area contributed by atoms with Gasteiger partial charge in [0.25, 0.3) is 0 Å². The molecule has 0 aliphatic carbocycles. The lowest BCUT2D eigenvalue weighted by molar-refractivity contribution is -0.121. The fourth-order valence-electron chi connectivity index (χ4n) is 2.92. The van der Waals surface area contributed by atoms with Gasteiger partial charge in [0, 0.05) is 24.8 Å². The fraction of sp³-hybridized carbons (Fsp3) is 0.562. The molecule has 1 aromatic carbocycles. The Morgan fingerprint density at radius 2 is 2.18 bits per heavy atom. The van der Waals surface area contributed by atoms with Crippen LogP contribution in [0, 0.1) is 0 Å². The van der Waals surface area contributed by atoms with Crippen LogP contribution in [0.1, 0.15) is 24.3 Å². The van der Waals surface area contributed by atoms with Crippen LogP contribution in [0.15, 0.2) is 30.3 Å². The van der Waals surface area contributed by atoms with Crippen molar-refractivity contribution >= 4 is 17.7 Å². The lowest BCUT2D eigenvalue weighted by Gasteiger charge is -2.34. The molecule has 1 aromatic rings. The maximum atomic E-state index is 12.2. The highest BCUT2D eigenvalue weighted by atomic mass is 32.2. The summed E-state index contributed by atoms with van der Waals surface area (Å²) in [4.78, 5) is 11.4. The number of aliphatic hydroxyl groups is 1. The van der Waals surface area contributed by atoms with E-state index in [1.807, 2.05) is 18.2 Å². The predicted molar refractivity (Wildman–Crippen MR) is 90.8 cm³/mol. The van der Waals surface area contributed by atoms with Crippen LogP contribution in [0.3, 0.4) is 0 Å². The molecule has 6 heteroatoms. The number of benzene rings is 1. The Morgan fingerprint density at radius 1 is 1.41 bits per heavy atom. The summed E-state index contributed by atoms with van der Waals surface area (Å²) in [5, 5.41) is 15.5. The number of aliphatic hydroxyl groups excluding tert-OH is 1. The summed E-state index contributed by atoms with van der Waals surface area (Å²) in [6.45, 7) is 2.56. The molecule has 5 N–H and O–H groups in total. The zero-order valence-electron chi connectivity index (χ0n) is 12.8.